The van der Waals surface area contributed by atoms with Gasteiger partial charge in [-0.25, -0.2) is 4.79 Å². The van der Waals surface area contributed by atoms with Crippen LogP contribution in [0.15, 0.2) is 32.3 Å². The molecule has 1 N–H and O–H groups in total. The topological polar surface area (TPSA) is 54.7 Å². The van der Waals surface area contributed by atoms with E-state index in [0.717, 1.165) is 22.2 Å². The summed E-state index contributed by atoms with van der Waals surface area (Å²) in [7, 11) is 5.83. The lowest BCUT2D eigenvalue weighted by molar-refractivity contribution is 0.0527. The van der Waals surface area contributed by atoms with Crippen molar-refractivity contribution in [2.45, 2.75) is 23.4 Å². The molecule has 0 saturated carbocycles. The van der Waals surface area contributed by atoms with Gasteiger partial charge in [-0.1, -0.05) is 6.07 Å². The normalized spacial score (nSPS) is 11.1. The summed E-state index contributed by atoms with van der Waals surface area (Å²) < 4.78 is 9.23. The molecule has 9 heteroatoms. The zero-order valence-corrected chi connectivity index (χ0v) is 20.7. The van der Waals surface area contributed by atoms with E-state index in [0.29, 0.717) is 28.9 Å². The summed E-state index contributed by atoms with van der Waals surface area (Å²) >= 11 is 6.83. The van der Waals surface area contributed by atoms with E-state index in [9.17, 15) is 9.90 Å². The molecule has 0 radical (unpaired) electrons. The van der Waals surface area contributed by atoms with Crippen molar-refractivity contribution in [2.24, 2.45) is 7.05 Å². The molecule has 3 rings (SSSR count). The van der Waals surface area contributed by atoms with Crippen molar-refractivity contribution >= 4 is 68.3 Å². The van der Waals surface area contributed by atoms with Gasteiger partial charge in [0.1, 0.15) is 5.75 Å². The average molecular weight is 520 g/mol. The minimum Gasteiger partial charge on any atom is -0.506 e. The van der Waals surface area contributed by atoms with E-state index in [1.807, 2.05) is 48.1 Å². The van der Waals surface area contributed by atoms with Crippen molar-refractivity contribution in [2.75, 3.05) is 20.7 Å². The molecule has 2 heterocycles. The van der Waals surface area contributed by atoms with Gasteiger partial charge in [0.2, 0.25) is 0 Å². The molecule has 0 saturated heterocycles. The van der Waals surface area contributed by atoms with Crippen LogP contribution in [0.25, 0.3) is 10.9 Å². The van der Waals surface area contributed by atoms with Gasteiger partial charge in [-0.15, -0.1) is 35.5 Å². The molecule has 0 fully saturated rings. The smallest absolute Gasteiger partial charge is 0.340 e. The van der Waals surface area contributed by atoms with Crippen molar-refractivity contribution in [3.8, 4) is 5.75 Å². The van der Waals surface area contributed by atoms with Gasteiger partial charge in [0.25, 0.3) is 0 Å². The molecule has 158 valence electrons. The standard InChI is InChI=1S/C20H23BrN2O3S2.ClH/c1-5-26-20(25)18-15(11-28-16-7-6-8-27-16)23(4)14-9-13(21)19(24)12(17(14)18)10-22(2)3;/h6-9,24H,5,10-11H2,1-4H3;1H. The number of halogens is 2. The first-order chi connectivity index (χ1) is 13.3. The summed E-state index contributed by atoms with van der Waals surface area (Å²) in [5, 5.41) is 13.5. The first kappa shape index (κ1) is 24.1. The summed E-state index contributed by atoms with van der Waals surface area (Å²) in [4.78, 5) is 14.9. The van der Waals surface area contributed by atoms with Crippen LogP contribution < -0.4 is 0 Å². The number of rotatable bonds is 7. The summed E-state index contributed by atoms with van der Waals surface area (Å²) in [6.07, 6.45) is 0. The molecule has 5 nitrogen and oxygen atoms in total. The van der Waals surface area contributed by atoms with Crippen molar-refractivity contribution < 1.29 is 14.6 Å². The molecule has 0 amide bonds. The molecular weight excluding hydrogens is 496 g/mol. The van der Waals surface area contributed by atoms with E-state index in [-0.39, 0.29) is 24.1 Å². The Morgan fingerprint density at radius 3 is 2.72 bits per heavy atom. The highest BCUT2D eigenvalue weighted by atomic mass is 79.9. The lowest BCUT2D eigenvalue weighted by Gasteiger charge is -2.15. The van der Waals surface area contributed by atoms with E-state index in [1.54, 1.807) is 30.0 Å². The maximum absolute atomic E-state index is 12.9. The zero-order valence-electron chi connectivity index (χ0n) is 16.7. The number of fused-ring (bicyclic) bond motifs is 1. The Morgan fingerprint density at radius 1 is 1.41 bits per heavy atom. The predicted octanol–water partition coefficient (Wildman–Crippen LogP) is 5.66. The largest absolute Gasteiger partial charge is 0.506 e. The highest BCUT2D eigenvalue weighted by Gasteiger charge is 2.27. The molecule has 0 aliphatic carbocycles. The third-order valence-electron chi connectivity index (χ3n) is 4.44. The summed E-state index contributed by atoms with van der Waals surface area (Å²) in [5.74, 6) is 0.450. The minimum atomic E-state index is -0.350. The monoisotopic (exact) mass is 518 g/mol. The number of aryl methyl sites for hydroxylation is 1. The summed E-state index contributed by atoms with van der Waals surface area (Å²) in [5.41, 5.74) is 3.05. The van der Waals surface area contributed by atoms with Crippen molar-refractivity contribution in [3.05, 3.63) is 44.9 Å². The van der Waals surface area contributed by atoms with Crippen LogP contribution in [0, 0.1) is 0 Å². The highest BCUT2D eigenvalue weighted by molar-refractivity contribution is 9.10. The Kier molecular flexibility index (Phi) is 8.48. The number of phenols is 1. The highest BCUT2D eigenvalue weighted by Crippen LogP contribution is 2.41. The summed E-state index contributed by atoms with van der Waals surface area (Å²) in [6.45, 7) is 2.62. The Hall–Kier alpha value is -1.19. The van der Waals surface area contributed by atoms with Crippen LogP contribution in [0.1, 0.15) is 28.5 Å². The van der Waals surface area contributed by atoms with E-state index >= 15 is 0 Å². The fourth-order valence-corrected chi connectivity index (χ4v) is 5.54. The molecule has 0 spiro atoms. The lowest BCUT2D eigenvalue weighted by atomic mass is 10.0. The molecule has 2 aromatic heterocycles. The maximum atomic E-state index is 12.9. The van der Waals surface area contributed by atoms with E-state index in [1.165, 1.54) is 4.21 Å². The molecule has 1 aromatic carbocycles. The number of phenolic OH excluding ortho intramolecular Hbond substituents is 1. The van der Waals surface area contributed by atoms with Gasteiger partial charge >= 0.3 is 5.97 Å². The number of hydrogen-bond acceptors (Lipinski definition) is 6. The Balaban J connectivity index is 0.00000300. The van der Waals surface area contributed by atoms with Gasteiger partial charge in [0.05, 0.1) is 26.4 Å². The number of benzene rings is 1. The molecule has 0 aliphatic rings. The van der Waals surface area contributed by atoms with Gasteiger partial charge in [-0.3, -0.25) is 0 Å². The van der Waals surface area contributed by atoms with E-state index in [2.05, 4.69) is 22.0 Å². The Bertz CT molecular complexity index is 1000. The number of aromatic hydroxyl groups is 1. The molecule has 0 unspecified atom stereocenters. The van der Waals surface area contributed by atoms with Gasteiger partial charge < -0.3 is 19.3 Å². The number of esters is 1. The third kappa shape index (κ3) is 4.94. The number of ether oxygens (including phenoxy) is 1. The second-order valence-corrected chi connectivity index (χ2v) is 9.72. The van der Waals surface area contributed by atoms with Crippen molar-refractivity contribution in [3.63, 3.8) is 0 Å². The predicted molar refractivity (Wildman–Crippen MR) is 127 cm³/mol. The number of thiophene rings is 1. The number of carbonyl (C=O) groups excluding carboxylic acids is 1. The SMILES string of the molecule is CCOC(=O)c1c(CSc2cccs2)n(C)c2cc(Br)c(O)c(CN(C)C)c12.Cl. The van der Waals surface area contributed by atoms with E-state index < -0.39 is 0 Å². The molecule has 0 bridgehead atoms. The van der Waals surface area contributed by atoms with Crippen LogP contribution >= 0.6 is 51.4 Å². The molecule has 0 aliphatic heterocycles. The van der Waals surface area contributed by atoms with Crippen LogP contribution in [-0.2, 0) is 24.1 Å². The Labute approximate surface area is 193 Å². The van der Waals surface area contributed by atoms with Gasteiger partial charge in [-0.2, -0.15) is 0 Å². The second kappa shape index (κ2) is 10.2. The van der Waals surface area contributed by atoms with Crippen LogP contribution in [0.2, 0.25) is 0 Å². The van der Waals surface area contributed by atoms with Gasteiger partial charge in [0.15, 0.2) is 0 Å². The van der Waals surface area contributed by atoms with Gasteiger partial charge in [0, 0.05) is 36.0 Å². The lowest BCUT2D eigenvalue weighted by Crippen LogP contribution is -2.13. The average Bonchev–Trinajstić information content (AvgIpc) is 3.24. The number of hydrogen-bond donors (Lipinski definition) is 1. The maximum Gasteiger partial charge on any atom is 0.340 e. The number of aromatic nitrogens is 1. The molecule has 29 heavy (non-hydrogen) atoms. The summed E-state index contributed by atoms with van der Waals surface area (Å²) in [6, 6.07) is 5.96. The number of thioether (sulfide) groups is 1. The fraction of sp³-hybridized carbons (Fsp3) is 0.350. The first-order valence-corrected chi connectivity index (χ1v) is 11.5. The zero-order chi connectivity index (χ0) is 20.4. The first-order valence-electron chi connectivity index (χ1n) is 8.84. The van der Waals surface area contributed by atoms with Crippen molar-refractivity contribution in [1.82, 2.24) is 9.47 Å². The van der Waals surface area contributed by atoms with Gasteiger partial charge in [-0.05, 0) is 54.5 Å². The third-order valence-corrected chi connectivity index (χ3v) is 7.19. The fourth-order valence-electron chi connectivity index (χ4n) is 3.23. The van der Waals surface area contributed by atoms with E-state index in [4.69, 9.17) is 4.74 Å². The van der Waals surface area contributed by atoms with Crippen LogP contribution in [0.3, 0.4) is 0 Å². The molecule has 3 aromatic rings. The Morgan fingerprint density at radius 2 is 2.14 bits per heavy atom. The van der Waals surface area contributed by atoms with Crippen LogP contribution in [0.4, 0.5) is 0 Å². The van der Waals surface area contributed by atoms with Crippen molar-refractivity contribution in [1.29, 1.82) is 0 Å². The minimum absolute atomic E-state index is 0. The van der Waals surface area contributed by atoms with Crippen LogP contribution in [0.5, 0.6) is 5.75 Å². The quantitative estimate of drug-likeness (QED) is 0.322. The molecular formula is C20H24BrClN2O3S2. The number of carbonyl (C=O) groups is 1. The second-order valence-electron chi connectivity index (χ2n) is 6.64. The molecule has 0 atom stereocenters. The number of nitrogens with zero attached hydrogens (tertiary/aromatic N) is 2. The van der Waals surface area contributed by atoms with Crippen LogP contribution in [-0.4, -0.2) is 41.2 Å².